The molecule has 20 heavy (non-hydrogen) atoms. The average Bonchev–Trinajstić information content (AvgIpc) is 2.48. The first-order valence-corrected chi connectivity index (χ1v) is 6.12. The third kappa shape index (κ3) is 2.59. The molecule has 0 aromatic rings. The Morgan fingerprint density at radius 3 is 2.20 bits per heavy atom. The minimum Gasteiger partial charge on any atom is -0.385 e. The lowest BCUT2D eigenvalue weighted by molar-refractivity contribution is -0.0560. The fourth-order valence-corrected chi connectivity index (χ4v) is 2.01. The highest BCUT2D eigenvalue weighted by atomic mass is 19.1. The summed E-state index contributed by atoms with van der Waals surface area (Å²) in [5.74, 6) is -1.19. The molecule has 0 spiro atoms. The van der Waals surface area contributed by atoms with Crippen molar-refractivity contribution in [2.24, 2.45) is 10.7 Å². The van der Waals surface area contributed by atoms with Gasteiger partial charge in [0.15, 0.2) is 5.60 Å². The number of aliphatic imine (C=N–C) groups is 1. The minimum absolute atomic E-state index is 0.0585. The lowest BCUT2D eigenvalue weighted by Gasteiger charge is -2.40. The van der Waals surface area contributed by atoms with Crippen molar-refractivity contribution in [3.63, 3.8) is 0 Å². The molecule has 2 N–H and O–H groups in total. The van der Waals surface area contributed by atoms with Crippen LogP contribution in [0.1, 0.15) is 13.8 Å². The maximum absolute atomic E-state index is 13.8. The minimum atomic E-state index is -2.00. The van der Waals surface area contributed by atoms with Gasteiger partial charge in [-0.1, -0.05) is 12.2 Å². The summed E-state index contributed by atoms with van der Waals surface area (Å²) in [4.78, 5) is 3.83. The van der Waals surface area contributed by atoms with Gasteiger partial charge in [0.2, 0.25) is 0 Å². The van der Waals surface area contributed by atoms with Gasteiger partial charge in [0.05, 0.1) is 6.61 Å². The first kappa shape index (κ1) is 16.7. The number of nitrogens with two attached hydrogens (primary N) is 1. The maximum Gasteiger partial charge on any atom is 0.181 e. The summed E-state index contributed by atoms with van der Waals surface area (Å²) in [7, 11) is 0. The van der Waals surface area contributed by atoms with Crippen molar-refractivity contribution in [1.29, 1.82) is 0 Å². The highest BCUT2D eigenvalue weighted by molar-refractivity contribution is 5.90. The van der Waals surface area contributed by atoms with Crippen LogP contribution in [-0.4, -0.2) is 43.6 Å². The van der Waals surface area contributed by atoms with E-state index in [1.807, 2.05) is 0 Å². The zero-order valence-corrected chi connectivity index (χ0v) is 11.4. The van der Waals surface area contributed by atoms with Crippen molar-refractivity contribution < 1.29 is 22.3 Å². The van der Waals surface area contributed by atoms with Crippen LogP contribution >= 0.6 is 0 Å². The van der Waals surface area contributed by atoms with Crippen LogP contribution < -0.4 is 5.73 Å². The number of amidine groups is 1. The van der Waals surface area contributed by atoms with Gasteiger partial charge in [-0.25, -0.2) is 17.6 Å². The highest BCUT2D eigenvalue weighted by Gasteiger charge is 2.48. The molecular weight excluding hydrogens is 276 g/mol. The Hall–Kier alpha value is -1.37. The van der Waals surface area contributed by atoms with Gasteiger partial charge in [-0.05, 0) is 13.8 Å². The Morgan fingerprint density at radius 2 is 1.85 bits per heavy atom. The smallest absolute Gasteiger partial charge is 0.181 e. The maximum atomic E-state index is 13.8. The molecule has 0 aliphatic carbocycles. The van der Waals surface area contributed by atoms with Crippen LogP contribution in [0.4, 0.5) is 17.6 Å². The van der Waals surface area contributed by atoms with E-state index in [9.17, 15) is 17.6 Å². The van der Waals surface area contributed by atoms with Crippen molar-refractivity contribution in [2.45, 2.75) is 25.0 Å². The predicted molar refractivity (Wildman–Crippen MR) is 69.6 cm³/mol. The number of nitrogens with zero attached hydrogens (tertiary/aromatic N) is 1. The topological polar surface area (TPSA) is 47.6 Å². The summed E-state index contributed by atoms with van der Waals surface area (Å²) in [6.45, 7) is -1.08. The first-order chi connectivity index (χ1) is 9.45. The molecule has 0 radical (unpaired) electrons. The molecule has 1 aliphatic heterocycles. The van der Waals surface area contributed by atoms with E-state index in [0.29, 0.717) is 0 Å². The van der Waals surface area contributed by atoms with Crippen molar-refractivity contribution in [3.05, 3.63) is 23.6 Å². The summed E-state index contributed by atoms with van der Waals surface area (Å²) in [5, 5.41) is 0. The molecule has 1 atom stereocenters. The van der Waals surface area contributed by atoms with Crippen LogP contribution in [0.5, 0.6) is 0 Å². The third-order valence-corrected chi connectivity index (χ3v) is 3.34. The molecule has 1 heterocycles. The monoisotopic (exact) mass is 294 g/mol. The quantitative estimate of drug-likeness (QED) is 0.626. The summed E-state index contributed by atoms with van der Waals surface area (Å²) >= 11 is 0. The standard InChI is InChI=1S/C13H18F4N2O/c1-3-9(10(17)4-2)12(5-14)8-20-13(6-15,7-16)11(18)19-12/h3-4H,5-8H2,1-2H3,(H2,18,19). The molecule has 1 aliphatic rings. The van der Waals surface area contributed by atoms with E-state index in [-0.39, 0.29) is 5.57 Å². The Kier molecular flexibility index (Phi) is 5.33. The van der Waals surface area contributed by atoms with Crippen LogP contribution in [-0.2, 0) is 4.74 Å². The largest absolute Gasteiger partial charge is 0.385 e. The Balaban J connectivity index is 3.32. The van der Waals surface area contributed by atoms with Crippen LogP contribution in [0.3, 0.4) is 0 Å². The summed E-state index contributed by atoms with van der Waals surface area (Å²) in [6, 6.07) is 0. The summed E-state index contributed by atoms with van der Waals surface area (Å²) in [5.41, 5.74) is 1.77. The number of rotatable bonds is 5. The van der Waals surface area contributed by atoms with Crippen molar-refractivity contribution in [1.82, 2.24) is 0 Å². The fourth-order valence-electron chi connectivity index (χ4n) is 2.01. The van der Waals surface area contributed by atoms with Gasteiger partial charge < -0.3 is 10.5 Å². The number of halogens is 4. The number of ether oxygens (including phenoxy) is 1. The second-order valence-corrected chi connectivity index (χ2v) is 4.55. The molecule has 0 amide bonds. The van der Waals surface area contributed by atoms with E-state index in [4.69, 9.17) is 10.5 Å². The molecule has 0 bridgehead atoms. The van der Waals surface area contributed by atoms with Crippen LogP contribution in [0, 0.1) is 0 Å². The van der Waals surface area contributed by atoms with Gasteiger partial charge in [-0.2, -0.15) is 0 Å². The van der Waals surface area contributed by atoms with E-state index >= 15 is 0 Å². The molecule has 0 saturated carbocycles. The molecule has 0 fully saturated rings. The zero-order chi connectivity index (χ0) is 15.4. The fraction of sp³-hybridized carbons (Fsp3) is 0.615. The number of hydrogen-bond donors (Lipinski definition) is 1. The number of allylic oxidation sites excluding steroid dienone is 2. The Bertz CT molecular complexity index is 444. The molecular formula is C13H18F4N2O. The van der Waals surface area contributed by atoms with Gasteiger partial charge in [0, 0.05) is 5.57 Å². The van der Waals surface area contributed by atoms with E-state index in [1.165, 1.54) is 19.9 Å². The molecule has 0 saturated heterocycles. The van der Waals surface area contributed by atoms with Gasteiger partial charge in [0.25, 0.3) is 0 Å². The number of hydrogen-bond acceptors (Lipinski definition) is 3. The molecule has 1 unspecified atom stereocenters. The Morgan fingerprint density at radius 1 is 1.25 bits per heavy atom. The Labute approximate surface area is 115 Å². The number of alkyl halides is 3. The third-order valence-electron chi connectivity index (χ3n) is 3.34. The van der Waals surface area contributed by atoms with Gasteiger partial charge in [0.1, 0.15) is 37.2 Å². The van der Waals surface area contributed by atoms with Crippen LogP contribution in [0.25, 0.3) is 0 Å². The van der Waals surface area contributed by atoms with Crippen molar-refractivity contribution >= 4 is 5.84 Å². The van der Waals surface area contributed by atoms with E-state index < -0.39 is 49.4 Å². The first-order valence-electron chi connectivity index (χ1n) is 6.12. The summed E-state index contributed by atoms with van der Waals surface area (Å²) < 4.78 is 58.2. The van der Waals surface area contributed by atoms with E-state index in [0.717, 1.165) is 6.08 Å². The molecule has 7 heteroatoms. The van der Waals surface area contributed by atoms with Gasteiger partial charge in [-0.3, -0.25) is 4.99 Å². The SMILES string of the molecule is CC=C(F)C(=CC)C1(CF)COC(CF)(CF)C(N)=N1. The lowest BCUT2D eigenvalue weighted by atomic mass is 9.88. The normalized spacial score (nSPS) is 27.4. The second kappa shape index (κ2) is 6.39. The molecule has 114 valence electrons. The predicted octanol–water partition coefficient (Wildman–Crippen LogP) is 2.58. The van der Waals surface area contributed by atoms with Crippen LogP contribution in [0.15, 0.2) is 28.5 Å². The highest BCUT2D eigenvalue weighted by Crippen LogP contribution is 2.35. The molecule has 3 nitrogen and oxygen atoms in total. The lowest BCUT2D eigenvalue weighted by Crippen LogP contribution is -2.59. The molecule has 0 aromatic heterocycles. The summed E-state index contributed by atoms with van der Waals surface area (Å²) in [6.07, 6.45) is 2.48. The molecule has 0 aromatic carbocycles. The van der Waals surface area contributed by atoms with E-state index in [1.54, 1.807) is 0 Å². The van der Waals surface area contributed by atoms with Crippen molar-refractivity contribution in [2.75, 3.05) is 26.6 Å². The van der Waals surface area contributed by atoms with Crippen molar-refractivity contribution in [3.8, 4) is 0 Å². The zero-order valence-electron chi connectivity index (χ0n) is 11.4. The van der Waals surface area contributed by atoms with E-state index in [2.05, 4.69) is 4.99 Å². The second-order valence-electron chi connectivity index (χ2n) is 4.55. The van der Waals surface area contributed by atoms with Gasteiger partial charge >= 0.3 is 0 Å². The average molecular weight is 294 g/mol. The van der Waals surface area contributed by atoms with Gasteiger partial charge in [-0.15, -0.1) is 0 Å². The molecule has 1 rings (SSSR count). The van der Waals surface area contributed by atoms with Crippen LogP contribution in [0.2, 0.25) is 0 Å².